The van der Waals surface area contributed by atoms with Crippen molar-refractivity contribution in [3.8, 4) is 5.75 Å². The lowest BCUT2D eigenvalue weighted by molar-refractivity contribution is 0.122. The van der Waals surface area contributed by atoms with Gasteiger partial charge in [-0.3, -0.25) is 0 Å². The van der Waals surface area contributed by atoms with Crippen molar-refractivity contribution >= 4 is 0 Å². The van der Waals surface area contributed by atoms with E-state index in [9.17, 15) is 15.3 Å². The number of aliphatic hydroxyl groups is 3. The van der Waals surface area contributed by atoms with E-state index in [4.69, 9.17) is 4.74 Å². The molecule has 0 saturated heterocycles. The molecule has 0 aliphatic carbocycles. The van der Waals surface area contributed by atoms with E-state index < -0.39 is 6.10 Å². The average molecular weight is 316 g/mol. The van der Waals surface area contributed by atoms with Crippen LogP contribution in [0.4, 0.5) is 0 Å². The number of aliphatic hydroxyl groups excluding tert-OH is 3. The van der Waals surface area contributed by atoms with Gasteiger partial charge >= 0.3 is 0 Å². The first-order valence-electron chi connectivity index (χ1n) is 7.82. The topological polar surface area (TPSA) is 69.9 Å². The molecular weight excluding hydrogens is 292 g/mol. The molecule has 2 aromatic carbocycles. The van der Waals surface area contributed by atoms with E-state index in [-0.39, 0.29) is 25.7 Å². The van der Waals surface area contributed by atoms with Crippen LogP contribution in [0, 0.1) is 0 Å². The number of hydrogen-bond donors (Lipinski definition) is 3. The SMILES string of the molecule is CC(O)COc1ccc(Cc2ccc(C(CO)CO)cc2)cc1. The number of hydrogen-bond acceptors (Lipinski definition) is 4. The molecule has 2 aromatic rings. The molecule has 0 heterocycles. The molecular formula is C19H24O4. The number of benzene rings is 2. The van der Waals surface area contributed by atoms with Crippen molar-refractivity contribution in [3.63, 3.8) is 0 Å². The van der Waals surface area contributed by atoms with Gasteiger partial charge in [0.15, 0.2) is 0 Å². The maximum absolute atomic E-state index is 9.20. The monoisotopic (exact) mass is 316 g/mol. The van der Waals surface area contributed by atoms with Crippen LogP contribution in [0.1, 0.15) is 29.5 Å². The molecule has 4 heteroatoms. The molecule has 0 fully saturated rings. The molecule has 0 aromatic heterocycles. The molecule has 4 nitrogen and oxygen atoms in total. The Bertz CT molecular complexity index is 571. The van der Waals surface area contributed by atoms with Gasteiger partial charge in [0.25, 0.3) is 0 Å². The van der Waals surface area contributed by atoms with Crippen molar-refractivity contribution < 1.29 is 20.1 Å². The minimum Gasteiger partial charge on any atom is -0.491 e. The fourth-order valence-corrected chi connectivity index (χ4v) is 2.33. The Morgan fingerprint density at radius 1 is 0.870 bits per heavy atom. The first-order chi connectivity index (χ1) is 11.1. The van der Waals surface area contributed by atoms with Crippen LogP contribution in [0.5, 0.6) is 5.75 Å². The van der Waals surface area contributed by atoms with Crippen LogP contribution in [-0.2, 0) is 6.42 Å². The zero-order valence-corrected chi connectivity index (χ0v) is 13.4. The van der Waals surface area contributed by atoms with Gasteiger partial charge in [-0.2, -0.15) is 0 Å². The number of ether oxygens (including phenoxy) is 1. The summed E-state index contributed by atoms with van der Waals surface area (Å²) in [7, 11) is 0. The Morgan fingerprint density at radius 3 is 1.87 bits per heavy atom. The van der Waals surface area contributed by atoms with Crippen molar-refractivity contribution in [1.29, 1.82) is 0 Å². The third-order valence-electron chi connectivity index (χ3n) is 3.71. The second kappa shape index (κ2) is 8.67. The lowest BCUT2D eigenvalue weighted by atomic mass is 9.97. The first kappa shape index (κ1) is 17.5. The van der Waals surface area contributed by atoms with Crippen LogP contribution >= 0.6 is 0 Å². The van der Waals surface area contributed by atoms with Gasteiger partial charge in [-0.25, -0.2) is 0 Å². The molecule has 124 valence electrons. The van der Waals surface area contributed by atoms with Crippen LogP contribution in [0.3, 0.4) is 0 Å². The highest BCUT2D eigenvalue weighted by Gasteiger charge is 2.08. The molecule has 0 bridgehead atoms. The van der Waals surface area contributed by atoms with Gasteiger partial charge in [-0.15, -0.1) is 0 Å². The minimum atomic E-state index is -0.477. The van der Waals surface area contributed by atoms with Crippen LogP contribution < -0.4 is 4.74 Å². The standard InChI is InChI=1S/C19H24O4/c1-14(22)13-23-19-8-4-16(5-9-19)10-15-2-6-17(7-3-15)18(11-20)12-21/h2-9,14,18,20-22H,10-13H2,1H3. The Hall–Kier alpha value is -1.88. The van der Waals surface area contributed by atoms with Crippen molar-refractivity contribution in [2.45, 2.75) is 25.4 Å². The fourth-order valence-electron chi connectivity index (χ4n) is 2.33. The summed E-state index contributed by atoms with van der Waals surface area (Å²) in [6, 6.07) is 15.8. The van der Waals surface area contributed by atoms with E-state index in [2.05, 4.69) is 0 Å². The maximum Gasteiger partial charge on any atom is 0.119 e. The normalized spacial score (nSPS) is 12.4. The molecule has 3 N–H and O–H groups in total. The summed E-state index contributed by atoms with van der Waals surface area (Å²) >= 11 is 0. The molecule has 2 rings (SSSR count). The van der Waals surface area contributed by atoms with Gasteiger partial charge in [0, 0.05) is 5.92 Å². The maximum atomic E-state index is 9.20. The van der Waals surface area contributed by atoms with E-state index >= 15 is 0 Å². The Balaban J connectivity index is 1.96. The molecule has 0 saturated carbocycles. The highest BCUT2D eigenvalue weighted by molar-refractivity contribution is 5.33. The summed E-state index contributed by atoms with van der Waals surface area (Å²) in [6.45, 7) is 1.88. The summed E-state index contributed by atoms with van der Waals surface area (Å²) in [5.74, 6) is 0.535. The van der Waals surface area contributed by atoms with Gasteiger partial charge in [0.2, 0.25) is 0 Å². The molecule has 23 heavy (non-hydrogen) atoms. The van der Waals surface area contributed by atoms with Crippen molar-refractivity contribution in [2.24, 2.45) is 0 Å². The van der Waals surface area contributed by atoms with Crippen LogP contribution in [0.2, 0.25) is 0 Å². The Kier molecular flexibility index (Phi) is 6.59. The molecule has 1 atom stereocenters. The quantitative estimate of drug-likeness (QED) is 0.697. The average Bonchev–Trinajstić information content (AvgIpc) is 2.57. The summed E-state index contributed by atoms with van der Waals surface area (Å²) in [4.78, 5) is 0. The minimum absolute atomic E-state index is 0.0518. The van der Waals surface area contributed by atoms with Gasteiger partial charge in [0.1, 0.15) is 12.4 Å². The lowest BCUT2D eigenvalue weighted by Gasteiger charge is -2.12. The summed E-state index contributed by atoms with van der Waals surface area (Å²) in [5.41, 5.74) is 3.28. The zero-order chi connectivity index (χ0) is 16.7. The first-order valence-corrected chi connectivity index (χ1v) is 7.82. The molecule has 0 aliphatic heterocycles. The zero-order valence-electron chi connectivity index (χ0n) is 13.4. The van der Waals surface area contributed by atoms with Crippen LogP contribution in [0.15, 0.2) is 48.5 Å². The number of rotatable bonds is 8. The molecule has 0 amide bonds. The lowest BCUT2D eigenvalue weighted by Crippen LogP contribution is -2.12. The molecule has 0 aliphatic rings. The second-order valence-corrected chi connectivity index (χ2v) is 5.78. The van der Waals surface area contributed by atoms with Crippen molar-refractivity contribution in [3.05, 3.63) is 65.2 Å². The third kappa shape index (κ3) is 5.36. The van der Waals surface area contributed by atoms with Crippen molar-refractivity contribution in [2.75, 3.05) is 19.8 Å². The van der Waals surface area contributed by atoms with Gasteiger partial charge in [-0.1, -0.05) is 36.4 Å². The largest absolute Gasteiger partial charge is 0.491 e. The van der Waals surface area contributed by atoms with E-state index in [0.717, 1.165) is 17.7 Å². The predicted molar refractivity (Wildman–Crippen MR) is 89.8 cm³/mol. The van der Waals surface area contributed by atoms with E-state index in [1.165, 1.54) is 11.1 Å². The van der Waals surface area contributed by atoms with Crippen molar-refractivity contribution in [1.82, 2.24) is 0 Å². The summed E-state index contributed by atoms with van der Waals surface area (Å²) < 4.78 is 5.44. The van der Waals surface area contributed by atoms with E-state index in [1.807, 2.05) is 48.5 Å². The highest BCUT2D eigenvalue weighted by atomic mass is 16.5. The molecule has 0 spiro atoms. The fraction of sp³-hybridized carbons (Fsp3) is 0.368. The Labute approximate surface area is 137 Å². The van der Waals surface area contributed by atoms with E-state index in [1.54, 1.807) is 6.92 Å². The van der Waals surface area contributed by atoms with Gasteiger partial charge in [0.05, 0.1) is 19.3 Å². The summed E-state index contributed by atoms with van der Waals surface area (Å²) in [5, 5.41) is 27.6. The molecule has 0 radical (unpaired) electrons. The summed E-state index contributed by atoms with van der Waals surface area (Å²) in [6.07, 6.45) is 0.328. The Morgan fingerprint density at radius 2 is 1.39 bits per heavy atom. The van der Waals surface area contributed by atoms with E-state index in [0.29, 0.717) is 0 Å². The van der Waals surface area contributed by atoms with Gasteiger partial charge < -0.3 is 20.1 Å². The second-order valence-electron chi connectivity index (χ2n) is 5.78. The smallest absolute Gasteiger partial charge is 0.119 e. The van der Waals surface area contributed by atoms with Crippen LogP contribution in [-0.4, -0.2) is 41.2 Å². The van der Waals surface area contributed by atoms with Crippen LogP contribution in [0.25, 0.3) is 0 Å². The highest BCUT2D eigenvalue weighted by Crippen LogP contribution is 2.19. The van der Waals surface area contributed by atoms with Gasteiger partial charge in [-0.05, 0) is 42.2 Å². The predicted octanol–water partition coefficient (Wildman–Crippen LogP) is 2.11. The molecule has 1 unspecified atom stereocenters. The third-order valence-corrected chi connectivity index (χ3v) is 3.71.